The van der Waals surface area contributed by atoms with Crippen molar-refractivity contribution < 1.29 is 17.9 Å². The van der Waals surface area contributed by atoms with Crippen LogP contribution >= 0.6 is 10.7 Å². The maximum Gasteiger partial charge on any atom is 0.261 e. The van der Waals surface area contributed by atoms with Crippen LogP contribution in [0.1, 0.15) is 26.3 Å². The molecule has 118 valence electrons. The van der Waals surface area contributed by atoms with Crippen LogP contribution in [0.15, 0.2) is 29.2 Å². The van der Waals surface area contributed by atoms with Crippen molar-refractivity contribution in [2.75, 3.05) is 13.2 Å². The van der Waals surface area contributed by atoms with E-state index in [0.29, 0.717) is 13.0 Å². The lowest BCUT2D eigenvalue weighted by molar-refractivity contribution is -0.130. The van der Waals surface area contributed by atoms with Crippen molar-refractivity contribution in [2.24, 2.45) is 0 Å². The van der Waals surface area contributed by atoms with Gasteiger partial charge in [-0.3, -0.25) is 4.79 Å². The Bertz CT molecular complexity index is 576. The van der Waals surface area contributed by atoms with Crippen molar-refractivity contribution in [3.8, 4) is 0 Å². The third kappa shape index (κ3) is 7.45. The van der Waals surface area contributed by atoms with Gasteiger partial charge in [-0.05, 0) is 44.9 Å². The van der Waals surface area contributed by atoms with Gasteiger partial charge in [0.25, 0.3) is 9.05 Å². The maximum absolute atomic E-state index is 11.5. The molecule has 0 aliphatic carbocycles. The number of ether oxygens (including phenoxy) is 1. The van der Waals surface area contributed by atoms with Crippen molar-refractivity contribution in [3.63, 3.8) is 0 Å². The van der Waals surface area contributed by atoms with Gasteiger partial charge in [-0.15, -0.1) is 0 Å². The van der Waals surface area contributed by atoms with Crippen molar-refractivity contribution in [1.82, 2.24) is 5.32 Å². The van der Waals surface area contributed by atoms with Crippen LogP contribution in [0.25, 0.3) is 0 Å². The molecule has 0 heterocycles. The zero-order valence-electron chi connectivity index (χ0n) is 12.3. The van der Waals surface area contributed by atoms with Crippen LogP contribution in [-0.2, 0) is 25.0 Å². The molecule has 1 aromatic carbocycles. The van der Waals surface area contributed by atoms with Crippen LogP contribution < -0.4 is 5.32 Å². The molecule has 0 atom stereocenters. The minimum absolute atomic E-state index is 0.0208. The molecule has 1 amide bonds. The van der Waals surface area contributed by atoms with E-state index in [1.807, 2.05) is 20.8 Å². The number of carbonyl (C=O) groups excluding carboxylic acids is 1. The summed E-state index contributed by atoms with van der Waals surface area (Å²) in [5.74, 6) is -0.176. The zero-order chi connectivity index (χ0) is 16.1. The first-order valence-electron chi connectivity index (χ1n) is 6.52. The standard InChI is InChI=1S/C14H20ClNO4S/c1-14(2,3)20-10-13(17)16-9-8-11-4-6-12(7-5-11)21(15,18)19/h4-7H,8-10H2,1-3H3,(H,16,17). The zero-order valence-corrected chi connectivity index (χ0v) is 13.9. The van der Waals surface area contributed by atoms with Crippen molar-refractivity contribution in [3.05, 3.63) is 29.8 Å². The Kier molecular flexibility index (Phi) is 6.19. The van der Waals surface area contributed by atoms with Crippen LogP contribution in [-0.4, -0.2) is 33.1 Å². The molecule has 1 aromatic rings. The quantitative estimate of drug-likeness (QED) is 0.809. The smallest absolute Gasteiger partial charge is 0.261 e. The molecule has 1 N–H and O–H groups in total. The molecule has 0 saturated heterocycles. The summed E-state index contributed by atoms with van der Waals surface area (Å²) in [6, 6.07) is 6.24. The predicted octanol–water partition coefficient (Wildman–Crippen LogP) is 2.09. The molecule has 0 saturated carbocycles. The summed E-state index contributed by atoms with van der Waals surface area (Å²) in [5.41, 5.74) is 0.566. The van der Waals surface area contributed by atoms with Gasteiger partial charge >= 0.3 is 0 Å². The Hall–Kier alpha value is -1.11. The van der Waals surface area contributed by atoms with Gasteiger partial charge in [0.2, 0.25) is 5.91 Å². The lowest BCUT2D eigenvalue weighted by Crippen LogP contribution is -2.33. The molecule has 0 aromatic heterocycles. The topological polar surface area (TPSA) is 72.5 Å². The van der Waals surface area contributed by atoms with E-state index >= 15 is 0 Å². The fraction of sp³-hybridized carbons (Fsp3) is 0.500. The Balaban J connectivity index is 2.38. The molecule has 0 aliphatic rings. The van der Waals surface area contributed by atoms with E-state index in [1.165, 1.54) is 12.1 Å². The highest BCUT2D eigenvalue weighted by atomic mass is 35.7. The van der Waals surface area contributed by atoms with E-state index in [9.17, 15) is 13.2 Å². The van der Waals surface area contributed by atoms with Crippen LogP contribution in [0.3, 0.4) is 0 Å². The predicted molar refractivity (Wildman–Crippen MR) is 81.9 cm³/mol. The Morgan fingerprint density at radius 2 is 1.81 bits per heavy atom. The van der Waals surface area contributed by atoms with Gasteiger partial charge < -0.3 is 10.1 Å². The van der Waals surface area contributed by atoms with Gasteiger partial charge in [0.15, 0.2) is 0 Å². The molecule has 7 heteroatoms. The van der Waals surface area contributed by atoms with Crippen LogP contribution in [0.4, 0.5) is 0 Å². The number of amides is 1. The monoisotopic (exact) mass is 333 g/mol. The Morgan fingerprint density at radius 3 is 2.29 bits per heavy atom. The normalized spacial score (nSPS) is 12.2. The molecule has 21 heavy (non-hydrogen) atoms. The summed E-state index contributed by atoms with van der Waals surface area (Å²) in [5, 5.41) is 2.74. The second kappa shape index (κ2) is 7.24. The first-order valence-corrected chi connectivity index (χ1v) is 8.83. The number of halogens is 1. The highest BCUT2D eigenvalue weighted by Gasteiger charge is 2.12. The third-order valence-corrected chi connectivity index (χ3v) is 3.95. The van der Waals surface area contributed by atoms with Crippen LogP contribution in [0.2, 0.25) is 0 Å². The molecule has 0 spiro atoms. The van der Waals surface area contributed by atoms with Gasteiger partial charge in [-0.25, -0.2) is 8.42 Å². The average Bonchev–Trinajstić information content (AvgIpc) is 2.35. The molecular weight excluding hydrogens is 314 g/mol. The third-order valence-electron chi connectivity index (χ3n) is 2.58. The summed E-state index contributed by atoms with van der Waals surface area (Å²) >= 11 is 0. The number of carbonyl (C=O) groups is 1. The van der Waals surface area contributed by atoms with Crippen LogP contribution in [0, 0.1) is 0 Å². The Morgan fingerprint density at radius 1 is 1.24 bits per heavy atom. The first-order chi connectivity index (χ1) is 9.58. The van der Waals surface area contributed by atoms with E-state index in [-0.39, 0.29) is 23.0 Å². The summed E-state index contributed by atoms with van der Waals surface area (Å²) < 4.78 is 27.5. The number of rotatable bonds is 6. The first kappa shape index (κ1) is 17.9. The molecule has 0 aliphatic heterocycles. The fourth-order valence-corrected chi connectivity index (χ4v) is 2.27. The number of nitrogens with one attached hydrogen (secondary N) is 1. The molecule has 0 fully saturated rings. The molecule has 0 unspecified atom stereocenters. The number of hydrogen-bond acceptors (Lipinski definition) is 4. The summed E-state index contributed by atoms with van der Waals surface area (Å²) in [6.07, 6.45) is 0.601. The second-order valence-electron chi connectivity index (χ2n) is 5.58. The summed E-state index contributed by atoms with van der Waals surface area (Å²) in [6.45, 7) is 6.12. The van der Waals surface area contributed by atoms with E-state index in [4.69, 9.17) is 15.4 Å². The summed E-state index contributed by atoms with van der Waals surface area (Å²) in [7, 11) is 1.54. The van der Waals surface area contributed by atoms with Gasteiger partial charge in [0, 0.05) is 17.2 Å². The van der Waals surface area contributed by atoms with Crippen LogP contribution in [0.5, 0.6) is 0 Å². The molecule has 0 radical (unpaired) electrons. The van der Waals surface area contributed by atoms with Gasteiger partial charge in [-0.2, -0.15) is 0 Å². The SMILES string of the molecule is CC(C)(C)OCC(=O)NCCc1ccc(S(=O)(=O)Cl)cc1. The lowest BCUT2D eigenvalue weighted by Gasteiger charge is -2.18. The van der Waals surface area contributed by atoms with Crippen molar-refractivity contribution in [2.45, 2.75) is 37.7 Å². The van der Waals surface area contributed by atoms with E-state index in [0.717, 1.165) is 5.56 Å². The average molecular weight is 334 g/mol. The minimum atomic E-state index is -3.69. The lowest BCUT2D eigenvalue weighted by atomic mass is 10.1. The minimum Gasteiger partial charge on any atom is -0.366 e. The molecular formula is C14H20ClNO4S. The fourth-order valence-electron chi connectivity index (χ4n) is 1.50. The number of benzene rings is 1. The second-order valence-corrected chi connectivity index (χ2v) is 8.15. The van der Waals surface area contributed by atoms with Crippen molar-refractivity contribution in [1.29, 1.82) is 0 Å². The molecule has 0 bridgehead atoms. The largest absolute Gasteiger partial charge is 0.366 e. The van der Waals surface area contributed by atoms with E-state index in [1.54, 1.807) is 12.1 Å². The van der Waals surface area contributed by atoms with E-state index in [2.05, 4.69) is 5.32 Å². The van der Waals surface area contributed by atoms with Gasteiger partial charge in [0.05, 0.1) is 10.5 Å². The summed E-state index contributed by atoms with van der Waals surface area (Å²) in [4.78, 5) is 11.6. The Labute approximate surface area is 130 Å². The number of hydrogen-bond donors (Lipinski definition) is 1. The van der Waals surface area contributed by atoms with Gasteiger partial charge in [0.1, 0.15) is 6.61 Å². The van der Waals surface area contributed by atoms with Gasteiger partial charge in [-0.1, -0.05) is 12.1 Å². The van der Waals surface area contributed by atoms with E-state index < -0.39 is 9.05 Å². The highest BCUT2D eigenvalue weighted by Crippen LogP contribution is 2.15. The maximum atomic E-state index is 11.5. The molecule has 1 rings (SSSR count). The van der Waals surface area contributed by atoms with Crippen molar-refractivity contribution >= 4 is 25.6 Å². The highest BCUT2D eigenvalue weighted by molar-refractivity contribution is 8.13. The molecule has 5 nitrogen and oxygen atoms in total.